The quantitative estimate of drug-likeness (QED) is 0.825. The number of aryl methyl sites for hydroxylation is 1. The van der Waals surface area contributed by atoms with Gasteiger partial charge in [0.05, 0.1) is 12.1 Å². The molecule has 2 N–H and O–H groups in total. The molecule has 2 heterocycles. The predicted molar refractivity (Wildman–Crippen MR) is 99.4 cm³/mol. The molecule has 0 spiro atoms. The van der Waals surface area contributed by atoms with Crippen molar-refractivity contribution in [1.29, 1.82) is 0 Å². The molecule has 0 bridgehead atoms. The zero-order valence-electron chi connectivity index (χ0n) is 15.2. The number of piperidine rings is 1. The number of amides is 2. The summed E-state index contributed by atoms with van der Waals surface area (Å²) in [4.78, 5) is 30.1. The zero-order chi connectivity index (χ0) is 19.2. The Labute approximate surface area is 158 Å². The summed E-state index contributed by atoms with van der Waals surface area (Å²) in [5.41, 5.74) is 1.46. The maximum atomic E-state index is 12.4. The smallest absolute Gasteiger partial charge is 0.272 e. The lowest BCUT2D eigenvalue weighted by Crippen LogP contribution is -2.56. The highest BCUT2D eigenvalue weighted by molar-refractivity contribution is 5.92. The third-order valence-corrected chi connectivity index (χ3v) is 4.49. The van der Waals surface area contributed by atoms with Crippen molar-refractivity contribution in [1.82, 2.24) is 15.2 Å². The van der Waals surface area contributed by atoms with Gasteiger partial charge in [-0.15, -0.1) is 0 Å². The van der Waals surface area contributed by atoms with Crippen molar-refractivity contribution in [3.05, 3.63) is 59.9 Å². The van der Waals surface area contributed by atoms with Crippen LogP contribution in [0.4, 0.5) is 0 Å². The average molecular weight is 369 g/mol. The number of nitrogens with one attached hydrogen (secondary N) is 1. The van der Waals surface area contributed by atoms with E-state index in [0.29, 0.717) is 24.4 Å². The molecule has 0 aliphatic carbocycles. The van der Waals surface area contributed by atoms with Crippen molar-refractivity contribution in [3.63, 3.8) is 0 Å². The van der Waals surface area contributed by atoms with Crippen LogP contribution < -0.4 is 10.1 Å². The van der Waals surface area contributed by atoms with Gasteiger partial charge in [-0.2, -0.15) is 0 Å². The molecule has 1 aromatic carbocycles. The van der Waals surface area contributed by atoms with Crippen molar-refractivity contribution in [2.24, 2.45) is 0 Å². The first-order valence-electron chi connectivity index (χ1n) is 8.90. The maximum Gasteiger partial charge on any atom is 0.272 e. The minimum atomic E-state index is -0.838. The Kier molecular flexibility index (Phi) is 6.03. The van der Waals surface area contributed by atoms with Crippen LogP contribution >= 0.6 is 0 Å². The molecule has 142 valence electrons. The fourth-order valence-electron chi connectivity index (χ4n) is 2.97. The molecule has 7 nitrogen and oxygen atoms in total. The summed E-state index contributed by atoms with van der Waals surface area (Å²) in [5, 5.41) is 13.1. The van der Waals surface area contributed by atoms with Crippen molar-refractivity contribution in [3.8, 4) is 5.75 Å². The lowest BCUT2D eigenvalue weighted by Gasteiger charge is -2.36. The third-order valence-electron chi connectivity index (χ3n) is 4.49. The Hall–Kier alpha value is -2.93. The fraction of sp³-hybridized carbons (Fsp3) is 0.350. The van der Waals surface area contributed by atoms with E-state index in [1.54, 1.807) is 41.4 Å². The number of β-amino-alcohol motifs (C(OH)–C–C–N with tert-alkyl or cyclic N) is 1. The van der Waals surface area contributed by atoms with Crippen molar-refractivity contribution < 1.29 is 19.4 Å². The lowest BCUT2D eigenvalue weighted by molar-refractivity contribution is -0.125. The number of nitrogens with zero attached hydrogens (tertiary/aromatic N) is 2. The molecule has 1 fully saturated rings. The van der Waals surface area contributed by atoms with Gasteiger partial charge in [0.15, 0.2) is 6.61 Å². The van der Waals surface area contributed by atoms with Gasteiger partial charge in [0.2, 0.25) is 0 Å². The molecule has 3 rings (SSSR count). The van der Waals surface area contributed by atoms with Gasteiger partial charge in [-0.25, -0.2) is 0 Å². The molecule has 27 heavy (non-hydrogen) atoms. The van der Waals surface area contributed by atoms with Crippen molar-refractivity contribution >= 4 is 11.8 Å². The number of rotatable bonds is 5. The van der Waals surface area contributed by atoms with Gasteiger partial charge in [-0.1, -0.05) is 23.8 Å². The summed E-state index contributed by atoms with van der Waals surface area (Å²) in [6.45, 7) is 2.45. The summed E-state index contributed by atoms with van der Waals surface area (Å²) in [6, 6.07) is 12.1. The number of benzene rings is 1. The number of carbonyl (C=O) groups excluding carboxylic acids is 2. The first-order chi connectivity index (χ1) is 13.0. The molecule has 1 aliphatic heterocycles. The number of aliphatic hydroxyl groups is 1. The highest BCUT2D eigenvalue weighted by Gasteiger charge is 2.31. The van der Waals surface area contributed by atoms with Crippen LogP contribution in [0.1, 0.15) is 22.5 Å². The Bertz CT molecular complexity index is 780. The molecular weight excluding hydrogens is 346 g/mol. The van der Waals surface area contributed by atoms with Crippen LogP contribution in [0.2, 0.25) is 0 Å². The number of likely N-dealkylation sites (tertiary alicyclic amines) is 1. The van der Waals surface area contributed by atoms with Crippen LogP contribution in [0.15, 0.2) is 48.7 Å². The Morgan fingerprint density at radius 3 is 2.70 bits per heavy atom. The number of pyridine rings is 1. The van der Waals surface area contributed by atoms with Crippen LogP contribution in [0, 0.1) is 6.92 Å². The molecule has 2 aromatic rings. The second kappa shape index (κ2) is 8.64. The molecule has 1 aromatic heterocycles. The van der Waals surface area contributed by atoms with Crippen LogP contribution in [-0.2, 0) is 4.79 Å². The van der Waals surface area contributed by atoms with E-state index in [1.807, 2.05) is 19.1 Å². The number of carbonyl (C=O) groups is 2. The van der Waals surface area contributed by atoms with Crippen molar-refractivity contribution in [2.75, 3.05) is 19.7 Å². The zero-order valence-corrected chi connectivity index (χ0v) is 15.2. The van der Waals surface area contributed by atoms with Crippen LogP contribution in [-0.4, -0.2) is 58.6 Å². The molecule has 7 heteroatoms. The summed E-state index contributed by atoms with van der Waals surface area (Å²) >= 11 is 0. The Morgan fingerprint density at radius 2 is 2.04 bits per heavy atom. The molecule has 0 saturated carbocycles. The van der Waals surface area contributed by atoms with E-state index < -0.39 is 12.1 Å². The lowest BCUT2D eigenvalue weighted by atomic mass is 10.0. The van der Waals surface area contributed by atoms with E-state index in [-0.39, 0.29) is 25.0 Å². The third kappa shape index (κ3) is 5.04. The number of aliphatic hydroxyl groups excluding tert-OH is 1. The Balaban J connectivity index is 1.47. The first-order valence-corrected chi connectivity index (χ1v) is 8.90. The summed E-state index contributed by atoms with van der Waals surface area (Å²) < 4.78 is 5.45. The van der Waals surface area contributed by atoms with Crippen LogP contribution in [0.5, 0.6) is 5.75 Å². The van der Waals surface area contributed by atoms with Gasteiger partial charge in [0, 0.05) is 19.3 Å². The molecule has 2 atom stereocenters. The number of hydrogen-bond donors (Lipinski definition) is 2. The number of ether oxygens (including phenoxy) is 1. The SMILES string of the molecule is Cc1ccc(OCC(=O)N[C@@H]2CCN(C(=O)c3ccccn3)C[C@H]2O)cc1. The molecular formula is C20H23N3O4. The highest BCUT2D eigenvalue weighted by Crippen LogP contribution is 2.14. The monoisotopic (exact) mass is 369 g/mol. The fourth-order valence-corrected chi connectivity index (χ4v) is 2.97. The summed E-state index contributed by atoms with van der Waals surface area (Å²) in [5.74, 6) is 0.0957. The average Bonchev–Trinajstić information content (AvgIpc) is 2.69. The van der Waals surface area contributed by atoms with Gasteiger partial charge in [0.1, 0.15) is 11.4 Å². The van der Waals surface area contributed by atoms with E-state index in [0.717, 1.165) is 5.56 Å². The molecule has 2 amide bonds. The van der Waals surface area contributed by atoms with Crippen LogP contribution in [0.25, 0.3) is 0 Å². The standard InChI is InChI=1S/C20H23N3O4/c1-14-5-7-15(8-6-14)27-13-19(25)22-16-9-11-23(12-18(16)24)20(26)17-4-2-3-10-21-17/h2-8,10,16,18,24H,9,11-13H2,1H3,(H,22,25)/t16-,18-/m1/s1. The van der Waals surface area contributed by atoms with Crippen molar-refractivity contribution in [2.45, 2.75) is 25.5 Å². The second-order valence-electron chi connectivity index (χ2n) is 6.60. The van der Waals surface area contributed by atoms with E-state index in [9.17, 15) is 14.7 Å². The largest absolute Gasteiger partial charge is 0.484 e. The molecule has 1 saturated heterocycles. The van der Waals surface area contributed by atoms with Crippen LogP contribution in [0.3, 0.4) is 0 Å². The summed E-state index contributed by atoms with van der Waals surface area (Å²) in [6.07, 6.45) is 1.19. The number of aromatic nitrogens is 1. The molecule has 0 unspecified atom stereocenters. The summed E-state index contributed by atoms with van der Waals surface area (Å²) in [7, 11) is 0. The molecule has 1 aliphatic rings. The predicted octanol–water partition coefficient (Wildman–Crippen LogP) is 1.16. The first kappa shape index (κ1) is 18.8. The highest BCUT2D eigenvalue weighted by atomic mass is 16.5. The van der Waals surface area contributed by atoms with Gasteiger partial charge in [-0.3, -0.25) is 14.6 Å². The van der Waals surface area contributed by atoms with E-state index in [2.05, 4.69) is 10.3 Å². The minimum absolute atomic E-state index is 0.122. The van der Waals surface area contributed by atoms with E-state index in [4.69, 9.17) is 4.74 Å². The topological polar surface area (TPSA) is 91.8 Å². The number of hydrogen-bond acceptors (Lipinski definition) is 5. The maximum absolute atomic E-state index is 12.4. The van der Waals surface area contributed by atoms with Gasteiger partial charge >= 0.3 is 0 Å². The normalized spacial score (nSPS) is 19.4. The Morgan fingerprint density at radius 1 is 1.26 bits per heavy atom. The van der Waals surface area contributed by atoms with Gasteiger partial charge in [-0.05, 0) is 37.6 Å². The van der Waals surface area contributed by atoms with E-state index in [1.165, 1.54) is 0 Å². The van der Waals surface area contributed by atoms with E-state index >= 15 is 0 Å². The van der Waals surface area contributed by atoms with Gasteiger partial charge < -0.3 is 20.1 Å². The minimum Gasteiger partial charge on any atom is -0.484 e. The second-order valence-corrected chi connectivity index (χ2v) is 6.60. The van der Waals surface area contributed by atoms with Gasteiger partial charge in [0.25, 0.3) is 11.8 Å². The molecule has 0 radical (unpaired) electrons.